The summed E-state index contributed by atoms with van der Waals surface area (Å²) >= 11 is 0. The molecule has 1 amide bonds. The molecule has 21 heavy (non-hydrogen) atoms. The largest absolute Gasteiger partial charge is 0.378 e. The van der Waals surface area contributed by atoms with Crippen LogP contribution in [0.15, 0.2) is 18.2 Å². The van der Waals surface area contributed by atoms with Gasteiger partial charge in [0.25, 0.3) is 11.6 Å². The average molecular weight is 294 g/mol. The van der Waals surface area contributed by atoms with Crippen molar-refractivity contribution in [3.8, 4) is 0 Å². The highest BCUT2D eigenvalue weighted by molar-refractivity contribution is 5.95. The van der Waals surface area contributed by atoms with Gasteiger partial charge in [0, 0.05) is 38.3 Å². The highest BCUT2D eigenvalue weighted by Crippen LogP contribution is 2.26. The summed E-state index contributed by atoms with van der Waals surface area (Å²) in [5, 5.41) is 14.2. The first-order chi connectivity index (χ1) is 9.73. The van der Waals surface area contributed by atoms with Crippen LogP contribution in [0.1, 0.15) is 17.3 Å². The Hall–Kier alpha value is -2.15. The number of nitrogens with zero attached hydrogens (tertiary/aromatic N) is 3. The molecule has 0 fully saturated rings. The van der Waals surface area contributed by atoms with Gasteiger partial charge in [0.05, 0.1) is 4.92 Å². The van der Waals surface area contributed by atoms with Crippen LogP contribution in [0.3, 0.4) is 0 Å². The maximum Gasteiger partial charge on any atom is 0.293 e. The van der Waals surface area contributed by atoms with Crippen LogP contribution in [-0.2, 0) is 0 Å². The van der Waals surface area contributed by atoms with Crippen molar-refractivity contribution in [2.24, 2.45) is 0 Å². The number of benzene rings is 1. The fraction of sp³-hybridized carbons (Fsp3) is 0.500. The molecule has 0 saturated heterocycles. The SMILES string of the molecule is CC(CNc1ccc(C(=O)N(C)C)cc1[N+](=O)[O-])N(C)C. The molecular weight excluding hydrogens is 272 g/mol. The molecule has 1 N–H and O–H groups in total. The fourth-order valence-corrected chi connectivity index (χ4v) is 1.66. The summed E-state index contributed by atoms with van der Waals surface area (Å²) < 4.78 is 0. The Balaban J connectivity index is 3.00. The summed E-state index contributed by atoms with van der Waals surface area (Å²) in [6.07, 6.45) is 0. The Kier molecular flexibility index (Phi) is 5.66. The number of hydrogen-bond acceptors (Lipinski definition) is 5. The lowest BCUT2D eigenvalue weighted by molar-refractivity contribution is -0.384. The highest BCUT2D eigenvalue weighted by Gasteiger charge is 2.19. The van der Waals surface area contributed by atoms with Gasteiger partial charge in [0.15, 0.2) is 0 Å². The molecule has 116 valence electrons. The quantitative estimate of drug-likeness (QED) is 0.637. The number of nitro groups is 1. The lowest BCUT2D eigenvalue weighted by Crippen LogP contribution is -2.31. The topological polar surface area (TPSA) is 78.7 Å². The summed E-state index contributed by atoms with van der Waals surface area (Å²) in [4.78, 5) is 26.0. The molecule has 0 bridgehead atoms. The zero-order chi connectivity index (χ0) is 16.2. The van der Waals surface area contributed by atoms with Gasteiger partial charge in [-0.05, 0) is 33.2 Å². The van der Waals surface area contributed by atoms with Crippen molar-refractivity contribution in [1.29, 1.82) is 0 Å². The maximum absolute atomic E-state index is 11.9. The predicted molar refractivity (Wildman–Crippen MR) is 82.8 cm³/mol. The molecule has 1 rings (SSSR count). The third kappa shape index (κ3) is 4.42. The van der Waals surface area contributed by atoms with E-state index in [1.54, 1.807) is 26.2 Å². The maximum atomic E-state index is 11.9. The Bertz CT molecular complexity index is 529. The second-order valence-electron chi connectivity index (χ2n) is 5.38. The predicted octanol–water partition coefficient (Wildman–Crippen LogP) is 1.66. The minimum atomic E-state index is -0.477. The molecule has 0 heterocycles. The van der Waals surface area contributed by atoms with Crippen molar-refractivity contribution in [1.82, 2.24) is 9.80 Å². The zero-order valence-corrected chi connectivity index (χ0v) is 13.1. The molecule has 0 radical (unpaired) electrons. The Morgan fingerprint density at radius 1 is 1.33 bits per heavy atom. The van der Waals surface area contributed by atoms with Crippen LogP contribution < -0.4 is 5.32 Å². The van der Waals surface area contributed by atoms with E-state index in [1.807, 2.05) is 25.9 Å². The van der Waals surface area contributed by atoms with E-state index in [4.69, 9.17) is 0 Å². The number of hydrogen-bond donors (Lipinski definition) is 1. The molecule has 0 aliphatic rings. The standard InChI is InChI=1S/C14H22N4O3/c1-10(16(2)3)9-15-12-7-6-11(14(19)17(4)5)8-13(12)18(20)21/h6-8,10,15H,9H2,1-5H3. The minimum Gasteiger partial charge on any atom is -0.378 e. The summed E-state index contributed by atoms with van der Waals surface area (Å²) in [7, 11) is 7.11. The second-order valence-corrected chi connectivity index (χ2v) is 5.38. The van der Waals surface area contributed by atoms with Crippen LogP contribution in [0.4, 0.5) is 11.4 Å². The number of anilines is 1. The third-order valence-corrected chi connectivity index (χ3v) is 3.32. The normalized spacial score (nSPS) is 12.1. The molecule has 1 atom stereocenters. The number of rotatable bonds is 6. The van der Waals surface area contributed by atoms with Gasteiger partial charge in [-0.2, -0.15) is 0 Å². The number of carbonyl (C=O) groups excluding carboxylic acids is 1. The van der Waals surface area contributed by atoms with Crippen molar-refractivity contribution in [2.75, 3.05) is 40.1 Å². The molecule has 7 nitrogen and oxygen atoms in total. The van der Waals surface area contributed by atoms with E-state index in [1.165, 1.54) is 11.0 Å². The third-order valence-electron chi connectivity index (χ3n) is 3.32. The Labute approximate surface area is 124 Å². The number of amides is 1. The van der Waals surface area contributed by atoms with Crippen molar-refractivity contribution in [2.45, 2.75) is 13.0 Å². The molecule has 1 aromatic carbocycles. The zero-order valence-electron chi connectivity index (χ0n) is 13.1. The first-order valence-corrected chi connectivity index (χ1v) is 6.64. The summed E-state index contributed by atoms with van der Waals surface area (Å²) in [6, 6.07) is 4.72. The molecule has 0 aliphatic carbocycles. The molecule has 0 aromatic heterocycles. The fourth-order valence-electron chi connectivity index (χ4n) is 1.66. The van der Waals surface area contributed by atoms with Crippen molar-refractivity contribution < 1.29 is 9.72 Å². The van der Waals surface area contributed by atoms with E-state index in [0.717, 1.165) is 0 Å². The van der Waals surface area contributed by atoms with E-state index in [2.05, 4.69) is 5.32 Å². The first kappa shape index (κ1) is 16.9. The molecule has 0 aliphatic heterocycles. The van der Waals surface area contributed by atoms with E-state index < -0.39 is 4.92 Å². The molecule has 7 heteroatoms. The number of likely N-dealkylation sites (N-methyl/N-ethyl adjacent to an activating group) is 1. The van der Waals surface area contributed by atoms with Crippen LogP contribution in [0, 0.1) is 10.1 Å². The Morgan fingerprint density at radius 3 is 2.43 bits per heavy atom. The number of carbonyl (C=O) groups is 1. The summed E-state index contributed by atoms with van der Waals surface area (Å²) in [5.74, 6) is -0.258. The van der Waals surface area contributed by atoms with Crippen molar-refractivity contribution in [3.05, 3.63) is 33.9 Å². The molecule has 1 unspecified atom stereocenters. The second kappa shape index (κ2) is 7.03. The van der Waals surface area contributed by atoms with Gasteiger partial charge in [-0.15, -0.1) is 0 Å². The van der Waals surface area contributed by atoms with E-state index in [9.17, 15) is 14.9 Å². The number of nitro benzene ring substituents is 1. The van der Waals surface area contributed by atoms with Crippen molar-refractivity contribution in [3.63, 3.8) is 0 Å². The Morgan fingerprint density at radius 2 is 1.95 bits per heavy atom. The molecular formula is C14H22N4O3. The summed E-state index contributed by atoms with van der Waals surface area (Å²) in [5.41, 5.74) is 0.635. The van der Waals surface area contributed by atoms with Gasteiger partial charge in [-0.25, -0.2) is 0 Å². The molecule has 0 spiro atoms. The monoisotopic (exact) mass is 294 g/mol. The molecule has 0 saturated carbocycles. The van der Waals surface area contributed by atoms with E-state index >= 15 is 0 Å². The van der Waals surface area contributed by atoms with Gasteiger partial charge in [-0.3, -0.25) is 14.9 Å². The lowest BCUT2D eigenvalue weighted by atomic mass is 10.1. The van der Waals surface area contributed by atoms with Gasteiger partial charge in [0.2, 0.25) is 0 Å². The average Bonchev–Trinajstić information content (AvgIpc) is 2.43. The van der Waals surface area contributed by atoms with Crippen LogP contribution in [0.25, 0.3) is 0 Å². The van der Waals surface area contributed by atoms with E-state index in [-0.39, 0.29) is 17.6 Å². The lowest BCUT2D eigenvalue weighted by Gasteiger charge is -2.20. The van der Waals surface area contributed by atoms with Gasteiger partial charge in [0.1, 0.15) is 5.69 Å². The van der Waals surface area contributed by atoms with Gasteiger partial charge < -0.3 is 15.1 Å². The van der Waals surface area contributed by atoms with Crippen LogP contribution in [0.2, 0.25) is 0 Å². The highest BCUT2D eigenvalue weighted by atomic mass is 16.6. The minimum absolute atomic E-state index is 0.0892. The van der Waals surface area contributed by atoms with Gasteiger partial charge >= 0.3 is 0 Å². The van der Waals surface area contributed by atoms with Crippen molar-refractivity contribution >= 4 is 17.3 Å². The van der Waals surface area contributed by atoms with Crippen LogP contribution in [0.5, 0.6) is 0 Å². The molecule has 1 aromatic rings. The first-order valence-electron chi connectivity index (χ1n) is 6.64. The van der Waals surface area contributed by atoms with Gasteiger partial charge in [-0.1, -0.05) is 0 Å². The van der Waals surface area contributed by atoms with Crippen LogP contribution >= 0.6 is 0 Å². The smallest absolute Gasteiger partial charge is 0.293 e. The summed E-state index contributed by atoms with van der Waals surface area (Å²) in [6.45, 7) is 2.59. The van der Waals surface area contributed by atoms with E-state index in [0.29, 0.717) is 17.8 Å². The number of nitrogens with one attached hydrogen (secondary N) is 1. The van der Waals surface area contributed by atoms with Crippen LogP contribution in [-0.4, -0.2) is 61.4 Å².